The van der Waals surface area contributed by atoms with E-state index in [1.165, 1.54) is 10.6 Å². The molecule has 1 aliphatic rings. The average molecular weight is 580 g/mol. The molecule has 0 saturated carbocycles. The van der Waals surface area contributed by atoms with E-state index in [9.17, 15) is 18.4 Å². The van der Waals surface area contributed by atoms with Gasteiger partial charge in [0.15, 0.2) is 0 Å². The molecule has 0 radical (unpaired) electrons. The molecule has 2 N–H and O–H groups in total. The first-order chi connectivity index (χ1) is 19.7. The number of rotatable bonds is 8. The number of anilines is 1. The van der Waals surface area contributed by atoms with E-state index in [4.69, 9.17) is 17.3 Å². The highest BCUT2D eigenvalue weighted by Gasteiger charge is 2.26. The third kappa shape index (κ3) is 6.27. The molecule has 1 fully saturated rings. The van der Waals surface area contributed by atoms with Crippen molar-refractivity contribution in [1.82, 2.24) is 14.0 Å². The second-order valence-corrected chi connectivity index (χ2v) is 10.8. The predicted molar refractivity (Wildman–Crippen MR) is 157 cm³/mol. The SMILES string of the molecule is Cc1c(N2CCN(Cc3cccc(Cl)c3)CC2)c(=O)n(C[C@@H](N)c2ccccc2)c(=O)n1Cc1c(F)cccc1F. The Hall–Kier alpha value is -3.79. The maximum atomic E-state index is 14.6. The summed E-state index contributed by atoms with van der Waals surface area (Å²) in [5.74, 6) is -1.52. The van der Waals surface area contributed by atoms with Crippen molar-refractivity contribution in [3.8, 4) is 0 Å². The van der Waals surface area contributed by atoms with Crippen LogP contribution in [0.3, 0.4) is 0 Å². The van der Waals surface area contributed by atoms with Gasteiger partial charge < -0.3 is 10.6 Å². The van der Waals surface area contributed by atoms with Crippen molar-refractivity contribution >= 4 is 17.3 Å². The summed E-state index contributed by atoms with van der Waals surface area (Å²) < 4.78 is 31.7. The summed E-state index contributed by atoms with van der Waals surface area (Å²) >= 11 is 6.15. The van der Waals surface area contributed by atoms with Gasteiger partial charge in [-0.25, -0.2) is 13.6 Å². The lowest BCUT2D eigenvalue weighted by molar-refractivity contribution is 0.249. The Kier molecular flexibility index (Phi) is 8.68. The van der Waals surface area contributed by atoms with Gasteiger partial charge in [0.05, 0.1) is 13.1 Å². The first-order valence-corrected chi connectivity index (χ1v) is 13.9. The van der Waals surface area contributed by atoms with Crippen LogP contribution in [0.2, 0.25) is 5.02 Å². The molecule has 214 valence electrons. The van der Waals surface area contributed by atoms with Crippen molar-refractivity contribution in [2.45, 2.75) is 32.6 Å². The molecule has 7 nitrogen and oxygen atoms in total. The van der Waals surface area contributed by atoms with Gasteiger partial charge in [-0.3, -0.25) is 18.8 Å². The standard InChI is InChI=1S/C31H32ClF2N5O2/c1-21-29(37-15-13-36(14-16-37)18-22-7-5-10-24(32)17-22)30(40)39(20-28(35)23-8-3-2-4-9-23)31(41)38(21)19-25-26(33)11-6-12-27(25)34/h2-12,17,28H,13-16,18-20,35H2,1H3/t28-/m1/s1. The summed E-state index contributed by atoms with van der Waals surface area (Å²) in [7, 11) is 0. The maximum absolute atomic E-state index is 14.6. The molecule has 0 aliphatic carbocycles. The van der Waals surface area contributed by atoms with Crippen molar-refractivity contribution in [2.24, 2.45) is 5.73 Å². The molecule has 0 unspecified atom stereocenters. The molecule has 4 aromatic rings. The summed E-state index contributed by atoms with van der Waals surface area (Å²) in [6, 6.07) is 19.8. The number of aromatic nitrogens is 2. The highest BCUT2D eigenvalue weighted by atomic mass is 35.5. The van der Waals surface area contributed by atoms with Gasteiger partial charge in [-0.2, -0.15) is 0 Å². The minimum absolute atomic E-state index is 0.0799. The first kappa shape index (κ1) is 28.7. The third-order valence-electron chi connectivity index (χ3n) is 7.63. The summed E-state index contributed by atoms with van der Waals surface area (Å²) in [4.78, 5) is 31.8. The molecule has 2 heterocycles. The fourth-order valence-electron chi connectivity index (χ4n) is 5.36. The highest BCUT2D eigenvalue weighted by Crippen LogP contribution is 2.21. The monoisotopic (exact) mass is 579 g/mol. The van der Waals surface area contributed by atoms with Gasteiger partial charge in [0.2, 0.25) is 0 Å². The van der Waals surface area contributed by atoms with Crippen LogP contribution in [0.5, 0.6) is 0 Å². The van der Waals surface area contributed by atoms with Gasteiger partial charge in [0.25, 0.3) is 5.56 Å². The zero-order valence-electron chi connectivity index (χ0n) is 22.8. The first-order valence-electron chi connectivity index (χ1n) is 13.5. The van der Waals surface area contributed by atoms with Crippen LogP contribution in [0, 0.1) is 18.6 Å². The molecule has 0 spiro atoms. The Morgan fingerprint density at radius 2 is 1.51 bits per heavy atom. The van der Waals surface area contributed by atoms with Gasteiger partial charge in [-0.15, -0.1) is 0 Å². The Morgan fingerprint density at radius 1 is 0.854 bits per heavy atom. The van der Waals surface area contributed by atoms with E-state index in [2.05, 4.69) is 4.90 Å². The molecule has 3 aromatic carbocycles. The lowest BCUT2D eigenvalue weighted by Crippen LogP contribution is -2.51. The van der Waals surface area contributed by atoms with Crippen LogP contribution < -0.4 is 21.9 Å². The molecule has 41 heavy (non-hydrogen) atoms. The number of nitrogens with zero attached hydrogens (tertiary/aromatic N) is 4. The number of halogens is 3. The Labute approximate surface area is 242 Å². The van der Waals surface area contributed by atoms with E-state index in [0.29, 0.717) is 42.6 Å². The molecular weight excluding hydrogens is 548 g/mol. The molecule has 0 amide bonds. The van der Waals surface area contributed by atoms with E-state index >= 15 is 0 Å². The van der Waals surface area contributed by atoms with Gasteiger partial charge >= 0.3 is 5.69 Å². The predicted octanol–water partition coefficient (Wildman–Crippen LogP) is 4.32. The van der Waals surface area contributed by atoms with Crippen LogP contribution >= 0.6 is 11.6 Å². The molecule has 10 heteroatoms. The van der Waals surface area contributed by atoms with Crippen molar-refractivity contribution in [1.29, 1.82) is 0 Å². The molecule has 1 aliphatic heterocycles. The van der Waals surface area contributed by atoms with E-state index in [-0.39, 0.29) is 18.7 Å². The second-order valence-electron chi connectivity index (χ2n) is 10.3. The van der Waals surface area contributed by atoms with Crippen molar-refractivity contribution in [3.63, 3.8) is 0 Å². The molecule has 1 aromatic heterocycles. The highest BCUT2D eigenvalue weighted by molar-refractivity contribution is 6.30. The Morgan fingerprint density at radius 3 is 2.17 bits per heavy atom. The molecular formula is C31H32ClF2N5O2. The second kappa shape index (κ2) is 12.4. The topological polar surface area (TPSA) is 76.5 Å². The number of nitrogens with two attached hydrogens (primary N) is 1. The summed E-state index contributed by atoms with van der Waals surface area (Å²) in [5.41, 5.74) is 7.61. The van der Waals surface area contributed by atoms with Crippen LogP contribution in [0.15, 0.2) is 82.4 Å². The molecule has 1 atom stereocenters. The van der Waals surface area contributed by atoms with Crippen LogP contribution in [-0.4, -0.2) is 40.2 Å². The van der Waals surface area contributed by atoms with E-state index in [1.54, 1.807) is 6.92 Å². The van der Waals surface area contributed by atoms with Gasteiger partial charge in [0, 0.05) is 55.0 Å². The normalized spacial score (nSPS) is 14.8. The number of hydrogen-bond donors (Lipinski definition) is 1. The van der Waals surface area contributed by atoms with Crippen molar-refractivity contribution in [2.75, 3.05) is 31.1 Å². The van der Waals surface area contributed by atoms with Gasteiger partial charge in [0.1, 0.15) is 17.3 Å². The number of hydrogen-bond acceptors (Lipinski definition) is 5. The van der Waals surface area contributed by atoms with E-state index in [1.807, 2.05) is 59.5 Å². The lowest BCUT2D eigenvalue weighted by atomic mass is 10.1. The molecule has 0 bridgehead atoms. The summed E-state index contributed by atoms with van der Waals surface area (Å²) in [6.45, 7) is 4.36. The number of piperazine rings is 1. The van der Waals surface area contributed by atoms with E-state index in [0.717, 1.165) is 34.4 Å². The van der Waals surface area contributed by atoms with Crippen LogP contribution in [0.1, 0.15) is 28.4 Å². The van der Waals surface area contributed by atoms with Crippen molar-refractivity contribution < 1.29 is 8.78 Å². The number of benzene rings is 3. The zero-order valence-corrected chi connectivity index (χ0v) is 23.5. The van der Waals surface area contributed by atoms with E-state index < -0.39 is 28.9 Å². The molecule has 5 rings (SSSR count). The van der Waals surface area contributed by atoms with Crippen LogP contribution in [-0.2, 0) is 19.6 Å². The largest absolute Gasteiger partial charge is 0.363 e. The smallest absolute Gasteiger partial charge is 0.331 e. The average Bonchev–Trinajstić information content (AvgIpc) is 2.96. The van der Waals surface area contributed by atoms with Crippen molar-refractivity contribution in [3.05, 3.63) is 133 Å². The summed E-state index contributed by atoms with van der Waals surface area (Å²) in [5, 5.41) is 0.680. The maximum Gasteiger partial charge on any atom is 0.331 e. The van der Waals surface area contributed by atoms with Crippen LogP contribution in [0.25, 0.3) is 0 Å². The fraction of sp³-hybridized carbons (Fsp3) is 0.290. The third-order valence-corrected chi connectivity index (χ3v) is 7.86. The van der Waals surface area contributed by atoms with Gasteiger partial charge in [-0.05, 0) is 42.3 Å². The zero-order chi connectivity index (χ0) is 29.1. The Bertz CT molecular complexity index is 1630. The quantitative estimate of drug-likeness (QED) is 0.336. The Balaban J connectivity index is 1.50. The minimum Gasteiger partial charge on any atom is -0.363 e. The fourth-order valence-corrected chi connectivity index (χ4v) is 5.58. The lowest BCUT2D eigenvalue weighted by Gasteiger charge is -2.37. The summed E-state index contributed by atoms with van der Waals surface area (Å²) in [6.07, 6.45) is 0. The van der Waals surface area contributed by atoms with Gasteiger partial charge in [-0.1, -0.05) is 60.1 Å². The molecule has 1 saturated heterocycles. The van der Waals surface area contributed by atoms with Crippen LogP contribution in [0.4, 0.5) is 14.5 Å². The minimum atomic E-state index is -0.758.